The Morgan fingerprint density at radius 1 is 0.534 bits per heavy atom. The number of nitrogens with two attached hydrogens (primary N) is 1. The molecule has 5 rings (SSSR count). The number of thiol groups is 1. The number of aromatic amines is 1. The molecule has 0 unspecified atom stereocenters. The molecule has 45 heteroatoms. The van der Waals surface area contributed by atoms with Crippen molar-refractivity contribution in [3.63, 3.8) is 0 Å². The smallest absolute Gasteiger partial charge is 0.305 e. The first-order valence-electron chi connectivity index (χ1n) is 35.6. The lowest BCUT2D eigenvalue weighted by Crippen LogP contribution is -2.61. The summed E-state index contributed by atoms with van der Waals surface area (Å²) < 4.78 is 33.5. The number of carboxylic acid groups (broad SMARTS) is 4. The second kappa shape index (κ2) is 46.7. The van der Waals surface area contributed by atoms with Crippen molar-refractivity contribution in [2.24, 2.45) is 16.0 Å². The van der Waals surface area contributed by atoms with E-state index in [1.54, 1.807) is 36.6 Å². The fourth-order valence-electron chi connectivity index (χ4n) is 10.9. The van der Waals surface area contributed by atoms with Gasteiger partial charge >= 0.3 is 23.9 Å². The maximum atomic E-state index is 14.2. The van der Waals surface area contributed by atoms with Crippen molar-refractivity contribution in [2.45, 2.75) is 143 Å². The van der Waals surface area contributed by atoms with Gasteiger partial charge in [0.25, 0.3) is 16.0 Å². The molecule has 10 atom stereocenters. The number of hydrogen-bond donors (Lipinski definition) is 21. The molecule has 1 aromatic heterocycles. The Kier molecular flexibility index (Phi) is 38.0. The number of aromatic nitrogens is 2. The summed E-state index contributed by atoms with van der Waals surface area (Å²) in [5.74, 6) is -20.0. The number of aliphatic carboxylic acids is 4. The van der Waals surface area contributed by atoms with Crippen LogP contribution in [0.5, 0.6) is 0 Å². The van der Waals surface area contributed by atoms with E-state index in [2.05, 4.69) is 96.6 Å². The van der Waals surface area contributed by atoms with Gasteiger partial charge in [0.1, 0.15) is 65.3 Å². The van der Waals surface area contributed by atoms with Crippen molar-refractivity contribution in [1.29, 1.82) is 0 Å². The van der Waals surface area contributed by atoms with Gasteiger partial charge in [-0.05, 0) is 112 Å². The number of carbonyl (C=O) groups excluding carboxylic acids is 12. The van der Waals surface area contributed by atoms with Crippen LogP contribution in [0.4, 0.5) is 22.7 Å². The minimum atomic E-state index is -4.54. The normalized spacial score (nSPS) is 13.8. The zero-order valence-electron chi connectivity index (χ0n) is 63.0. The highest BCUT2D eigenvalue weighted by molar-refractivity contribution is 7.98. The molecular weight excluding hydrogens is 1590 g/mol. The van der Waals surface area contributed by atoms with E-state index in [-0.39, 0.29) is 66.1 Å². The van der Waals surface area contributed by atoms with E-state index in [1.165, 1.54) is 55.0 Å². The number of hydrogen-bond acceptors (Lipinski definition) is 26. The summed E-state index contributed by atoms with van der Waals surface area (Å²) in [4.78, 5) is 220. The second-order valence-electron chi connectivity index (χ2n) is 26.1. The molecule has 628 valence electrons. The first-order chi connectivity index (χ1) is 54.9. The van der Waals surface area contributed by atoms with Crippen LogP contribution in [0.25, 0.3) is 10.8 Å². The van der Waals surface area contributed by atoms with Crippen LogP contribution in [0.1, 0.15) is 87.2 Å². The summed E-state index contributed by atoms with van der Waals surface area (Å²) in [6, 6.07) is 4.00. The van der Waals surface area contributed by atoms with Gasteiger partial charge in [0.15, 0.2) is 0 Å². The largest absolute Gasteiger partial charge is 0.481 e. The molecule has 0 spiro atoms. The highest BCUT2D eigenvalue weighted by Gasteiger charge is 2.37. The molecule has 4 aromatic carbocycles. The van der Waals surface area contributed by atoms with Gasteiger partial charge in [-0.1, -0.05) is 24.3 Å². The monoisotopic (exact) mass is 1680 g/mol. The number of fused-ring (bicyclic) bond motifs is 1. The number of azo groups is 1. The Bertz CT molecular complexity index is 4480. The van der Waals surface area contributed by atoms with Crippen molar-refractivity contribution in [1.82, 2.24) is 68.5 Å². The summed E-state index contributed by atoms with van der Waals surface area (Å²) in [5, 5.41) is 86.7. The third-order valence-corrected chi connectivity index (χ3v) is 19.0. The van der Waals surface area contributed by atoms with Crippen LogP contribution in [-0.4, -0.2) is 255 Å². The predicted molar refractivity (Wildman–Crippen MR) is 418 cm³/mol. The molecule has 0 fully saturated rings. The third kappa shape index (κ3) is 31.5. The molecular formula is C71H92N18O24S3. The van der Waals surface area contributed by atoms with Gasteiger partial charge in [0.2, 0.25) is 65.0 Å². The summed E-state index contributed by atoms with van der Waals surface area (Å²) in [5.41, 5.74) is 7.97. The number of anilines is 2. The van der Waals surface area contributed by atoms with E-state index in [4.69, 9.17) is 5.73 Å². The van der Waals surface area contributed by atoms with E-state index in [0.29, 0.717) is 22.4 Å². The Morgan fingerprint density at radius 2 is 0.991 bits per heavy atom. The number of aliphatic hydroxyl groups is 1. The fraction of sp³-hybridized carbons (Fsp3) is 0.423. The molecule has 0 saturated heterocycles. The summed E-state index contributed by atoms with van der Waals surface area (Å²) >= 11 is 5.28. The average Bonchev–Trinajstić information content (AvgIpc) is 0.869. The van der Waals surface area contributed by atoms with Crippen molar-refractivity contribution < 1.29 is 115 Å². The van der Waals surface area contributed by atoms with Crippen molar-refractivity contribution in [3.8, 4) is 0 Å². The number of carbonyl (C=O) groups is 16. The van der Waals surface area contributed by atoms with Crippen molar-refractivity contribution >= 4 is 163 Å². The number of H-pyrrole nitrogens is 1. The number of thioether (sulfide) groups is 1. The molecule has 116 heavy (non-hydrogen) atoms. The molecule has 0 aliphatic carbocycles. The summed E-state index contributed by atoms with van der Waals surface area (Å²) in [6.07, 6.45) is -2.78. The third-order valence-electron chi connectivity index (χ3n) is 17.1. The predicted octanol–water partition coefficient (Wildman–Crippen LogP) is -1.75. The van der Waals surface area contributed by atoms with Gasteiger partial charge in [-0.15, -0.1) is 0 Å². The van der Waals surface area contributed by atoms with Crippen molar-refractivity contribution in [2.75, 3.05) is 61.8 Å². The first-order valence-corrected chi connectivity index (χ1v) is 39.1. The van der Waals surface area contributed by atoms with Gasteiger partial charge in [-0.3, -0.25) is 81.3 Å². The second-order valence-corrected chi connectivity index (χ2v) is 28.8. The number of rotatable bonds is 50. The van der Waals surface area contributed by atoms with Crippen LogP contribution in [0, 0.1) is 0 Å². The average molecular weight is 1680 g/mol. The quantitative estimate of drug-likeness (QED) is 0.00889. The van der Waals surface area contributed by atoms with E-state index >= 15 is 0 Å². The zero-order valence-corrected chi connectivity index (χ0v) is 65.5. The Morgan fingerprint density at radius 3 is 1.47 bits per heavy atom. The van der Waals surface area contributed by atoms with Gasteiger partial charge < -0.3 is 105 Å². The minimum Gasteiger partial charge on any atom is -0.481 e. The molecule has 42 nitrogen and oxygen atoms in total. The maximum Gasteiger partial charge on any atom is 0.305 e. The Labute approximate surface area is 672 Å². The molecule has 0 aliphatic rings. The number of nitrogens with one attached hydrogen (secondary N) is 13. The maximum absolute atomic E-state index is 14.2. The van der Waals surface area contributed by atoms with Gasteiger partial charge in [-0.2, -0.15) is 43.0 Å². The Balaban J connectivity index is 1.21. The molecule has 5 aromatic rings. The number of primary amides is 1. The molecule has 0 aliphatic heterocycles. The van der Waals surface area contributed by atoms with Crippen LogP contribution < -0.4 is 74.4 Å². The van der Waals surface area contributed by atoms with Gasteiger partial charge in [0, 0.05) is 98.9 Å². The summed E-state index contributed by atoms with van der Waals surface area (Å²) in [6.45, 7) is 0.127. The molecule has 1 heterocycles. The molecule has 21 N–H and O–H groups in total. The number of amides is 12. The number of carboxylic acids is 4. The van der Waals surface area contributed by atoms with E-state index in [9.17, 15) is 115 Å². The number of benzene rings is 4. The zero-order chi connectivity index (χ0) is 85.9. The van der Waals surface area contributed by atoms with Crippen LogP contribution in [0.3, 0.4) is 0 Å². The molecule has 12 amide bonds. The molecule has 0 radical (unpaired) electrons. The van der Waals surface area contributed by atoms with E-state index < -0.39 is 223 Å². The summed E-state index contributed by atoms with van der Waals surface area (Å²) in [7, 11) is -0.815. The van der Waals surface area contributed by atoms with Gasteiger partial charge in [0.05, 0.1) is 36.4 Å². The molecule has 0 saturated carbocycles. The standard InChI is InChI=1S/C71H92N18O24S3/c1-37(62(101)85-53(34-90)70(109)84-51(31-41-33-73-36-76-41)68(107)78-46(61(72)100)19-23-56(91)75-29-28-74-45-9-5-8-44-43(45)7-6-10-55(44)116(111,112)113)77-71(110)54(35-114)86-66(105)49(22-26-59(96)97)79-64(103)47(20-24-57(92)93)80-67(106)50(27-30-115-4)82-65(104)48(21-25-58(94)95)81-69(108)52(32-60(98)99)83-63(102)38-11-13-39(14-12-38)87-88-40-15-17-42(18-16-40)89(2)3/h5-18,33,36-37,46-54,74,90,114H,19-32,34-35H2,1-4H3,(H2,72,100)(H,73,76)(H,75,91)(H,77,110)(H,78,107)(H,79,103)(H,80,106)(H,81,108)(H,82,104)(H,83,102)(H,84,109)(H,85,101)(H,86,105)(H,92,93)(H,94,95)(H,96,97)(H,98,99)(H,111,112,113)/b88-87+/t37-,46-,47-,48-,49-,50-,51-,52-,53-,54-/m0/s1. The lowest BCUT2D eigenvalue weighted by atomic mass is 10.1. The fourth-order valence-corrected chi connectivity index (χ4v) is 12.3. The lowest BCUT2D eigenvalue weighted by Gasteiger charge is -2.27. The lowest BCUT2D eigenvalue weighted by molar-refractivity contribution is -0.140. The van der Waals surface area contributed by atoms with E-state index in [1.807, 2.05) is 31.1 Å². The van der Waals surface area contributed by atoms with Crippen molar-refractivity contribution in [3.05, 3.63) is 109 Å². The highest BCUT2D eigenvalue weighted by atomic mass is 32.2. The first kappa shape index (κ1) is 94.2. The Hall–Kier alpha value is -12.4. The van der Waals surface area contributed by atoms with Gasteiger partial charge in [-0.25, -0.2) is 4.98 Å². The van der Waals surface area contributed by atoms with Crippen LogP contribution in [-0.2, 0) is 88.5 Å². The molecule has 0 bridgehead atoms. The van der Waals surface area contributed by atoms with Crippen LogP contribution in [0.2, 0.25) is 0 Å². The SMILES string of the molecule is CSCC[C@H](NC(=O)[C@H](CCC(=O)O)NC(=O)[C@H](CC(=O)O)NC(=O)c1ccc(/N=N/c2ccc(N(C)C)cc2)cc1)C(=O)N[C@@H](CCC(=O)O)C(=O)N[C@@H](CCC(=O)O)C(=O)N[C@@H](CS)C(=O)N[C@@H](C)C(=O)N[C@@H](CO)C(=O)N[C@@H](Cc1c[nH]cn1)C(=O)N[C@@H](CCC(=O)NCCNc1cccc2c(S(=O)(=O)O)cccc12)C(N)=O. The van der Waals surface area contributed by atoms with E-state index in [0.717, 1.165) is 24.4 Å². The highest BCUT2D eigenvalue weighted by Crippen LogP contribution is 2.29. The topological polar surface area (TPSA) is 656 Å². The number of nitrogens with zero attached hydrogens (tertiary/aromatic N) is 4. The van der Waals surface area contributed by atoms with Crippen LogP contribution >= 0.6 is 24.4 Å². The number of imidazole rings is 1. The van der Waals surface area contributed by atoms with Crippen LogP contribution in [0.15, 0.2) is 113 Å². The number of aliphatic hydroxyl groups excluding tert-OH is 1. The minimum absolute atomic E-state index is 0.0204.